The summed E-state index contributed by atoms with van der Waals surface area (Å²) in [6.07, 6.45) is 3.30. The Morgan fingerprint density at radius 3 is 2.18 bits per heavy atom. The zero-order valence-corrected chi connectivity index (χ0v) is 7.72. The van der Waals surface area contributed by atoms with Crippen LogP contribution in [0.2, 0.25) is 0 Å². The summed E-state index contributed by atoms with van der Waals surface area (Å²) < 4.78 is 0. The highest BCUT2D eigenvalue weighted by atomic mass is 16.1. The maximum atomic E-state index is 11.0. The topological polar surface area (TPSA) is 29.1 Å². The zero-order valence-electron chi connectivity index (χ0n) is 7.72. The van der Waals surface area contributed by atoms with Crippen LogP contribution in [0.15, 0.2) is 12.3 Å². The quantitative estimate of drug-likeness (QED) is 0.626. The molecule has 0 fully saturated rings. The Kier molecular flexibility index (Phi) is 4.59. The van der Waals surface area contributed by atoms with Crippen molar-refractivity contribution in [2.75, 3.05) is 0 Å². The maximum Gasteiger partial charge on any atom is 0.159 e. The molecule has 0 bridgehead atoms. The van der Waals surface area contributed by atoms with Crippen molar-refractivity contribution < 1.29 is 4.79 Å². The van der Waals surface area contributed by atoms with Gasteiger partial charge in [0.1, 0.15) is 0 Å². The molecule has 0 aromatic heterocycles. The molecule has 1 N–H and O–H groups in total. The Balaban J connectivity index is 3.66. The second kappa shape index (κ2) is 4.94. The third-order valence-corrected chi connectivity index (χ3v) is 1.25. The molecule has 64 valence electrons. The van der Waals surface area contributed by atoms with E-state index in [2.05, 4.69) is 5.32 Å². The number of hydrogen-bond donors (Lipinski definition) is 1. The number of ketones is 1. The van der Waals surface area contributed by atoms with Crippen molar-refractivity contribution in [3.05, 3.63) is 12.3 Å². The number of carbonyl (C=O) groups excluding carboxylic acids is 1. The van der Waals surface area contributed by atoms with E-state index in [0.717, 1.165) is 0 Å². The highest BCUT2D eigenvalue weighted by Crippen LogP contribution is 1.94. The number of hydrogen-bond acceptors (Lipinski definition) is 2. The van der Waals surface area contributed by atoms with E-state index in [4.69, 9.17) is 0 Å². The van der Waals surface area contributed by atoms with Gasteiger partial charge in [0.15, 0.2) is 5.78 Å². The SMILES string of the molecule is CC(C)N/C=C\C(=O)C(C)C. The molecule has 0 aromatic carbocycles. The number of rotatable bonds is 4. The molecule has 2 heteroatoms. The van der Waals surface area contributed by atoms with Crippen molar-refractivity contribution in [1.82, 2.24) is 5.32 Å². The van der Waals surface area contributed by atoms with E-state index in [0.29, 0.717) is 6.04 Å². The Bertz CT molecular complexity index is 148. The van der Waals surface area contributed by atoms with Crippen molar-refractivity contribution in [2.45, 2.75) is 33.7 Å². The summed E-state index contributed by atoms with van der Waals surface area (Å²) in [5, 5.41) is 3.03. The van der Waals surface area contributed by atoms with Gasteiger partial charge in [-0.3, -0.25) is 4.79 Å². The second-order valence-electron chi connectivity index (χ2n) is 3.21. The van der Waals surface area contributed by atoms with E-state index < -0.39 is 0 Å². The highest BCUT2D eigenvalue weighted by Gasteiger charge is 2.00. The minimum atomic E-state index is 0.0974. The fourth-order valence-electron chi connectivity index (χ4n) is 0.515. The molecule has 0 atom stereocenters. The lowest BCUT2D eigenvalue weighted by Gasteiger charge is -2.02. The fourth-order valence-corrected chi connectivity index (χ4v) is 0.515. The van der Waals surface area contributed by atoms with Crippen LogP contribution in [0.1, 0.15) is 27.7 Å². The first-order chi connectivity index (χ1) is 5.04. The summed E-state index contributed by atoms with van der Waals surface area (Å²) in [5.74, 6) is 0.262. The highest BCUT2D eigenvalue weighted by molar-refractivity contribution is 5.90. The molecule has 2 nitrogen and oxygen atoms in total. The molecule has 0 amide bonds. The predicted octanol–water partition coefficient (Wildman–Crippen LogP) is 1.72. The van der Waals surface area contributed by atoms with E-state index in [-0.39, 0.29) is 11.7 Å². The van der Waals surface area contributed by atoms with Gasteiger partial charge >= 0.3 is 0 Å². The molecule has 0 unspecified atom stereocenters. The van der Waals surface area contributed by atoms with Crippen molar-refractivity contribution in [1.29, 1.82) is 0 Å². The average molecular weight is 155 g/mol. The fraction of sp³-hybridized carbons (Fsp3) is 0.667. The van der Waals surface area contributed by atoms with Gasteiger partial charge in [0.2, 0.25) is 0 Å². The number of carbonyl (C=O) groups is 1. The summed E-state index contributed by atoms with van der Waals surface area (Å²) in [6, 6.07) is 0.395. The van der Waals surface area contributed by atoms with Gasteiger partial charge < -0.3 is 5.32 Å². The van der Waals surface area contributed by atoms with Crippen LogP contribution >= 0.6 is 0 Å². The van der Waals surface area contributed by atoms with Crippen molar-refractivity contribution >= 4 is 5.78 Å². The van der Waals surface area contributed by atoms with E-state index in [9.17, 15) is 4.79 Å². The van der Waals surface area contributed by atoms with Gasteiger partial charge in [-0.25, -0.2) is 0 Å². The van der Waals surface area contributed by atoms with Crippen molar-refractivity contribution in [3.63, 3.8) is 0 Å². The van der Waals surface area contributed by atoms with Crippen LogP contribution in [0, 0.1) is 5.92 Å². The van der Waals surface area contributed by atoms with E-state index in [1.165, 1.54) is 0 Å². The summed E-state index contributed by atoms with van der Waals surface area (Å²) in [7, 11) is 0. The molecule has 0 heterocycles. The first-order valence-electron chi connectivity index (χ1n) is 4.00. The van der Waals surface area contributed by atoms with Gasteiger partial charge in [-0.1, -0.05) is 13.8 Å². The third kappa shape index (κ3) is 5.64. The lowest BCUT2D eigenvalue weighted by Crippen LogP contribution is -2.16. The van der Waals surface area contributed by atoms with Gasteiger partial charge in [0.25, 0.3) is 0 Å². The Morgan fingerprint density at radius 1 is 1.27 bits per heavy atom. The lowest BCUT2D eigenvalue weighted by molar-refractivity contribution is -0.117. The molecule has 11 heavy (non-hydrogen) atoms. The van der Waals surface area contributed by atoms with E-state index in [1.807, 2.05) is 27.7 Å². The molecule has 0 aliphatic rings. The largest absolute Gasteiger partial charge is 0.389 e. The zero-order chi connectivity index (χ0) is 8.85. The Labute approximate surface area is 68.7 Å². The van der Waals surface area contributed by atoms with Gasteiger partial charge in [-0.15, -0.1) is 0 Å². The van der Waals surface area contributed by atoms with Gasteiger partial charge in [-0.2, -0.15) is 0 Å². The Morgan fingerprint density at radius 2 is 1.82 bits per heavy atom. The van der Waals surface area contributed by atoms with Gasteiger partial charge in [0, 0.05) is 18.2 Å². The minimum absolute atomic E-state index is 0.0974. The first-order valence-corrected chi connectivity index (χ1v) is 4.00. The van der Waals surface area contributed by atoms with Crippen LogP contribution in [0.25, 0.3) is 0 Å². The van der Waals surface area contributed by atoms with E-state index >= 15 is 0 Å². The molecule has 0 aromatic rings. The summed E-state index contributed by atoms with van der Waals surface area (Å²) in [5.41, 5.74) is 0. The Hall–Kier alpha value is -0.790. The summed E-state index contributed by atoms with van der Waals surface area (Å²) >= 11 is 0. The van der Waals surface area contributed by atoms with Crippen molar-refractivity contribution in [2.24, 2.45) is 5.92 Å². The maximum absolute atomic E-state index is 11.0. The molecular formula is C9H17NO. The minimum Gasteiger partial charge on any atom is -0.389 e. The van der Waals surface area contributed by atoms with E-state index in [1.54, 1.807) is 12.3 Å². The van der Waals surface area contributed by atoms with Gasteiger partial charge in [-0.05, 0) is 19.9 Å². The van der Waals surface area contributed by atoms with Crippen LogP contribution in [-0.2, 0) is 4.79 Å². The number of allylic oxidation sites excluding steroid dienone is 1. The van der Waals surface area contributed by atoms with Crippen LogP contribution in [0.4, 0.5) is 0 Å². The van der Waals surface area contributed by atoms with Crippen LogP contribution < -0.4 is 5.32 Å². The standard InChI is InChI=1S/C9H17NO/c1-7(2)9(11)5-6-10-8(3)4/h5-8,10H,1-4H3/b6-5-. The molecule has 0 rings (SSSR count). The average Bonchev–Trinajstić information content (AvgIpc) is 1.86. The molecular weight excluding hydrogens is 138 g/mol. The summed E-state index contributed by atoms with van der Waals surface area (Å²) in [4.78, 5) is 11.0. The molecule has 0 aliphatic heterocycles. The third-order valence-electron chi connectivity index (χ3n) is 1.25. The molecule has 0 spiro atoms. The molecule has 0 aliphatic carbocycles. The van der Waals surface area contributed by atoms with Crippen LogP contribution in [-0.4, -0.2) is 11.8 Å². The monoisotopic (exact) mass is 155 g/mol. The van der Waals surface area contributed by atoms with Crippen LogP contribution in [0.3, 0.4) is 0 Å². The predicted molar refractivity (Wildman–Crippen MR) is 47.3 cm³/mol. The second-order valence-corrected chi connectivity index (χ2v) is 3.21. The first kappa shape index (κ1) is 10.2. The molecule has 0 saturated carbocycles. The van der Waals surface area contributed by atoms with Crippen molar-refractivity contribution in [3.8, 4) is 0 Å². The smallest absolute Gasteiger partial charge is 0.159 e. The molecule has 0 radical (unpaired) electrons. The molecule has 0 saturated heterocycles. The van der Waals surface area contributed by atoms with Crippen LogP contribution in [0.5, 0.6) is 0 Å². The lowest BCUT2D eigenvalue weighted by atomic mass is 10.1. The summed E-state index contributed by atoms with van der Waals surface area (Å²) in [6.45, 7) is 7.85. The van der Waals surface area contributed by atoms with Gasteiger partial charge in [0.05, 0.1) is 0 Å². The number of nitrogens with one attached hydrogen (secondary N) is 1. The normalized spacial score (nSPS) is 11.5.